The van der Waals surface area contributed by atoms with Gasteiger partial charge in [0, 0.05) is 4.43 Å². The minimum atomic E-state index is -0.123. The largest absolute Gasteiger partial charge is 0.393 e. The van der Waals surface area contributed by atoms with E-state index in [9.17, 15) is 5.11 Å². The van der Waals surface area contributed by atoms with Crippen LogP contribution in [0, 0.1) is 11.8 Å². The first-order chi connectivity index (χ1) is 4.09. The van der Waals surface area contributed by atoms with Crippen molar-refractivity contribution in [3.63, 3.8) is 0 Å². The number of hydrogen-bond acceptors (Lipinski definition) is 1. The molecule has 0 rings (SSSR count). The molecule has 0 unspecified atom stereocenters. The quantitative estimate of drug-likeness (QED) is 0.593. The third-order valence-electron chi connectivity index (χ3n) is 1.51. The standard InChI is InChI=1S/C7H15IO/c1-5(2)7(9)6(3)4-8/h5-7,9H,4H2,1-3H3/t6-,7+/m1/s1. The number of aliphatic hydroxyl groups is 1. The molecule has 0 aliphatic carbocycles. The van der Waals surface area contributed by atoms with E-state index in [1.165, 1.54) is 0 Å². The van der Waals surface area contributed by atoms with Crippen LogP contribution in [0.25, 0.3) is 0 Å². The Kier molecular flexibility index (Phi) is 4.84. The maximum atomic E-state index is 9.39. The van der Waals surface area contributed by atoms with Crippen molar-refractivity contribution in [1.82, 2.24) is 0 Å². The van der Waals surface area contributed by atoms with Gasteiger partial charge in [0.2, 0.25) is 0 Å². The minimum absolute atomic E-state index is 0.123. The van der Waals surface area contributed by atoms with Crippen molar-refractivity contribution in [2.45, 2.75) is 26.9 Å². The van der Waals surface area contributed by atoms with Crippen LogP contribution in [-0.2, 0) is 0 Å². The van der Waals surface area contributed by atoms with Gasteiger partial charge in [0.15, 0.2) is 0 Å². The molecule has 56 valence electrons. The molecule has 2 heteroatoms. The Morgan fingerprint density at radius 2 is 1.78 bits per heavy atom. The Balaban J connectivity index is 3.58. The topological polar surface area (TPSA) is 20.2 Å². The number of hydrogen-bond donors (Lipinski definition) is 1. The Morgan fingerprint density at radius 1 is 1.33 bits per heavy atom. The molecule has 1 N–H and O–H groups in total. The fraction of sp³-hybridized carbons (Fsp3) is 1.00. The highest BCUT2D eigenvalue weighted by molar-refractivity contribution is 14.1. The highest BCUT2D eigenvalue weighted by Crippen LogP contribution is 2.13. The summed E-state index contributed by atoms with van der Waals surface area (Å²) in [4.78, 5) is 0. The van der Waals surface area contributed by atoms with Gasteiger partial charge in [-0.05, 0) is 11.8 Å². The highest BCUT2D eigenvalue weighted by Gasteiger charge is 2.15. The molecule has 0 saturated carbocycles. The van der Waals surface area contributed by atoms with Crippen LogP contribution in [0.1, 0.15) is 20.8 Å². The number of aliphatic hydroxyl groups excluding tert-OH is 1. The van der Waals surface area contributed by atoms with E-state index in [1.807, 2.05) is 13.8 Å². The van der Waals surface area contributed by atoms with E-state index in [4.69, 9.17) is 0 Å². The lowest BCUT2D eigenvalue weighted by atomic mass is 9.97. The van der Waals surface area contributed by atoms with Crippen LogP contribution >= 0.6 is 22.6 Å². The average Bonchev–Trinajstić information content (AvgIpc) is 1.84. The number of alkyl halides is 1. The van der Waals surface area contributed by atoms with E-state index in [1.54, 1.807) is 0 Å². The first-order valence-corrected chi connectivity index (χ1v) is 4.86. The molecule has 0 bridgehead atoms. The Labute approximate surface area is 71.0 Å². The Hall–Kier alpha value is 0.690. The lowest BCUT2D eigenvalue weighted by molar-refractivity contribution is 0.0831. The van der Waals surface area contributed by atoms with Gasteiger partial charge in [-0.1, -0.05) is 43.4 Å². The summed E-state index contributed by atoms with van der Waals surface area (Å²) in [5.41, 5.74) is 0. The smallest absolute Gasteiger partial charge is 0.0595 e. The fourth-order valence-electron chi connectivity index (χ4n) is 0.748. The molecule has 0 spiro atoms. The molecule has 0 aromatic carbocycles. The molecule has 0 aliphatic heterocycles. The number of rotatable bonds is 3. The zero-order valence-corrected chi connectivity index (χ0v) is 8.42. The summed E-state index contributed by atoms with van der Waals surface area (Å²) >= 11 is 2.30. The molecule has 0 fully saturated rings. The van der Waals surface area contributed by atoms with Gasteiger partial charge in [-0.3, -0.25) is 0 Å². The van der Waals surface area contributed by atoms with Crippen LogP contribution in [0.2, 0.25) is 0 Å². The molecule has 0 saturated heterocycles. The molecule has 0 heterocycles. The van der Waals surface area contributed by atoms with E-state index in [2.05, 4.69) is 29.5 Å². The van der Waals surface area contributed by atoms with Crippen molar-refractivity contribution in [3.8, 4) is 0 Å². The van der Waals surface area contributed by atoms with E-state index in [0.717, 1.165) is 4.43 Å². The van der Waals surface area contributed by atoms with Gasteiger partial charge in [0.05, 0.1) is 6.10 Å². The average molecular weight is 242 g/mol. The molecule has 0 amide bonds. The van der Waals surface area contributed by atoms with Crippen molar-refractivity contribution in [2.75, 3.05) is 4.43 Å². The molecule has 0 aromatic rings. The number of halogens is 1. The van der Waals surface area contributed by atoms with Gasteiger partial charge in [-0.25, -0.2) is 0 Å². The van der Waals surface area contributed by atoms with Crippen molar-refractivity contribution < 1.29 is 5.11 Å². The van der Waals surface area contributed by atoms with Crippen molar-refractivity contribution >= 4 is 22.6 Å². The highest BCUT2D eigenvalue weighted by atomic mass is 127. The second-order valence-corrected chi connectivity index (χ2v) is 3.75. The van der Waals surface area contributed by atoms with Gasteiger partial charge in [0.1, 0.15) is 0 Å². The lowest BCUT2D eigenvalue weighted by Crippen LogP contribution is -2.24. The van der Waals surface area contributed by atoms with Crippen LogP contribution in [0.3, 0.4) is 0 Å². The summed E-state index contributed by atoms with van der Waals surface area (Å²) in [6.45, 7) is 6.18. The zero-order chi connectivity index (χ0) is 7.44. The predicted molar refractivity (Wildman–Crippen MR) is 48.9 cm³/mol. The van der Waals surface area contributed by atoms with Crippen LogP contribution < -0.4 is 0 Å². The van der Waals surface area contributed by atoms with Crippen LogP contribution in [0.15, 0.2) is 0 Å². The van der Waals surface area contributed by atoms with Crippen molar-refractivity contribution in [2.24, 2.45) is 11.8 Å². The van der Waals surface area contributed by atoms with Crippen molar-refractivity contribution in [1.29, 1.82) is 0 Å². The van der Waals surface area contributed by atoms with Crippen LogP contribution in [-0.4, -0.2) is 15.6 Å². The molecular weight excluding hydrogens is 227 g/mol. The summed E-state index contributed by atoms with van der Waals surface area (Å²) in [7, 11) is 0. The van der Waals surface area contributed by atoms with Crippen molar-refractivity contribution in [3.05, 3.63) is 0 Å². The third kappa shape index (κ3) is 3.40. The second-order valence-electron chi connectivity index (χ2n) is 2.87. The van der Waals surface area contributed by atoms with E-state index >= 15 is 0 Å². The molecule has 0 aromatic heterocycles. The summed E-state index contributed by atoms with van der Waals surface area (Å²) in [5.74, 6) is 0.834. The van der Waals surface area contributed by atoms with E-state index < -0.39 is 0 Å². The summed E-state index contributed by atoms with van der Waals surface area (Å²) in [6, 6.07) is 0. The predicted octanol–water partition coefficient (Wildman–Crippen LogP) is 2.07. The third-order valence-corrected chi connectivity index (χ3v) is 2.90. The van der Waals surface area contributed by atoms with Gasteiger partial charge < -0.3 is 5.11 Å². The zero-order valence-electron chi connectivity index (χ0n) is 6.26. The van der Waals surface area contributed by atoms with E-state index in [-0.39, 0.29) is 6.10 Å². The first-order valence-electron chi connectivity index (χ1n) is 3.33. The fourth-order valence-corrected chi connectivity index (χ4v) is 1.27. The van der Waals surface area contributed by atoms with Gasteiger partial charge in [-0.15, -0.1) is 0 Å². The molecule has 2 atom stereocenters. The Bertz CT molecular complexity index is 73.3. The lowest BCUT2D eigenvalue weighted by Gasteiger charge is -2.19. The maximum Gasteiger partial charge on any atom is 0.0595 e. The Morgan fingerprint density at radius 3 is 1.89 bits per heavy atom. The SMILES string of the molecule is CC(C)[C@H](O)[C@H](C)CI. The van der Waals surface area contributed by atoms with Gasteiger partial charge >= 0.3 is 0 Å². The summed E-state index contributed by atoms with van der Waals surface area (Å²) in [5, 5.41) is 9.39. The molecule has 1 nitrogen and oxygen atoms in total. The summed E-state index contributed by atoms with van der Waals surface area (Å²) < 4.78 is 1.04. The van der Waals surface area contributed by atoms with E-state index in [0.29, 0.717) is 11.8 Å². The van der Waals surface area contributed by atoms with Crippen LogP contribution in [0.5, 0.6) is 0 Å². The minimum Gasteiger partial charge on any atom is -0.393 e. The van der Waals surface area contributed by atoms with Crippen LogP contribution in [0.4, 0.5) is 0 Å². The maximum absolute atomic E-state index is 9.39. The van der Waals surface area contributed by atoms with Gasteiger partial charge in [-0.2, -0.15) is 0 Å². The monoisotopic (exact) mass is 242 g/mol. The normalized spacial score (nSPS) is 18.0. The molecular formula is C7H15IO. The second kappa shape index (κ2) is 4.50. The molecule has 0 radical (unpaired) electrons. The molecule has 9 heavy (non-hydrogen) atoms. The summed E-state index contributed by atoms with van der Waals surface area (Å²) in [6.07, 6.45) is -0.123. The van der Waals surface area contributed by atoms with Gasteiger partial charge in [0.25, 0.3) is 0 Å². The molecule has 0 aliphatic rings. The first kappa shape index (κ1) is 9.69.